The first-order chi connectivity index (χ1) is 11.8. The average molecular weight is 369 g/mol. The minimum Gasteiger partial charge on any atom is -0.336 e. The Bertz CT molecular complexity index is 752. The lowest BCUT2D eigenvalue weighted by molar-refractivity contribution is -0.138. The number of amides is 1. The van der Waals surface area contributed by atoms with Crippen molar-refractivity contribution in [3.05, 3.63) is 51.5 Å². The molecule has 2 heterocycles. The van der Waals surface area contributed by atoms with E-state index in [1.807, 2.05) is 12.3 Å². The molecule has 0 saturated carbocycles. The number of thiazole rings is 1. The molecule has 0 aliphatic carbocycles. The van der Waals surface area contributed by atoms with Crippen molar-refractivity contribution in [2.75, 3.05) is 26.2 Å². The number of nitrogens with zero attached hydrogens (tertiary/aromatic N) is 3. The molecule has 1 saturated heterocycles. The Balaban J connectivity index is 1.64. The molecule has 3 rings (SSSR count). The van der Waals surface area contributed by atoms with Crippen molar-refractivity contribution in [3.63, 3.8) is 0 Å². The van der Waals surface area contributed by atoms with Gasteiger partial charge in [0, 0.05) is 37.3 Å². The number of aryl methyl sites for hydroxylation is 1. The molecule has 1 aromatic carbocycles. The molecular formula is C17H18F3N3OS. The van der Waals surface area contributed by atoms with Gasteiger partial charge in [-0.3, -0.25) is 9.69 Å². The summed E-state index contributed by atoms with van der Waals surface area (Å²) in [6, 6.07) is 4.96. The van der Waals surface area contributed by atoms with Gasteiger partial charge in [0.2, 0.25) is 0 Å². The molecular weight excluding hydrogens is 351 g/mol. The number of aromatic nitrogens is 1. The predicted molar refractivity (Wildman–Crippen MR) is 89.5 cm³/mol. The van der Waals surface area contributed by atoms with Gasteiger partial charge in [0.05, 0.1) is 17.7 Å². The molecule has 0 unspecified atom stereocenters. The summed E-state index contributed by atoms with van der Waals surface area (Å²) < 4.78 is 39.3. The quantitative estimate of drug-likeness (QED) is 0.832. The van der Waals surface area contributed by atoms with Gasteiger partial charge in [-0.15, -0.1) is 11.3 Å². The van der Waals surface area contributed by atoms with E-state index in [-0.39, 0.29) is 5.56 Å². The molecule has 0 radical (unpaired) electrons. The topological polar surface area (TPSA) is 36.4 Å². The van der Waals surface area contributed by atoms with Crippen LogP contribution in [0.15, 0.2) is 29.6 Å². The fourth-order valence-electron chi connectivity index (χ4n) is 2.86. The first-order valence-electron chi connectivity index (χ1n) is 7.93. The maximum Gasteiger partial charge on any atom is 0.417 e. The van der Waals surface area contributed by atoms with Crippen LogP contribution in [0, 0.1) is 6.92 Å². The third-order valence-electron chi connectivity index (χ3n) is 4.15. The molecule has 1 amide bonds. The largest absolute Gasteiger partial charge is 0.417 e. The SMILES string of the molecule is Cc1csc(CN2CCN(C(=O)c3ccccc3C(F)(F)F)CC2)n1. The lowest BCUT2D eigenvalue weighted by atomic mass is 10.1. The van der Waals surface area contributed by atoms with Gasteiger partial charge in [-0.1, -0.05) is 12.1 Å². The normalized spacial score (nSPS) is 16.2. The summed E-state index contributed by atoms with van der Waals surface area (Å²) in [6.45, 7) is 4.72. The van der Waals surface area contributed by atoms with Crippen molar-refractivity contribution < 1.29 is 18.0 Å². The summed E-state index contributed by atoms with van der Waals surface area (Å²) in [7, 11) is 0. The molecule has 134 valence electrons. The highest BCUT2D eigenvalue weighted by Crippen LogP contribution is 2.32. The summed E-state index contributed by atoms with van der Waals surface area (Å²) in [6.07, 6.45) is -4.53. The maximum absolute atomic E-state index is 13.1. The zero-order valence-electron chi connectivity index (χ0n) is 13.7. The van der Waals surface area contributed by atoms with Gasteiger partial charge in [-0.25, -0.2) is 4.98 Å². The summed E-state index contributed by atoms with van der Waals surface area (Å²) in [5.41, 5.74) is -0.169. The molecule has 0 atom stereocenters. The number of piperazine rings is 1. The van der Waals surface area contributed by atoms with Crippen LogP contribution in [0.2, 0.25) is 0 Å². The van der Waals surface area contributed by atoms with Crippen LogP contribution in [0.5, 0.6) is 0 Å². The second kappa shape index (κ2) is 7.13. The molecule has 0 N–H and O–H groups in total. The van der Waals surface area contributed by atoms with Crippen molar-refractivity contribution in [1.82, 2.24) is 14.8 Å². The molecule has 8 heteroatoms. The van der Waals surface area contributed by atoms with E-state index < -0.39 is 17.6 Å². The molecule has 1 aliphatic heterocycles. The standard InChI is InChI=1S/C17H18F3N3OS/c1-12-11-25-15(21-12)10-22-6-8-23(9-7-22)16(24)13-4-2-3-5-14(13)17(18,19)20/h2-5,11H,6-10H2,1H3. The molecule has 1 aliphatic rings. The average Bonchev–Trinajstić information content (AvgIpc) is 2.99. The van der Waals surface area contributed by atoms with Crippen LogP contribution in [-0.4, -0.2) is 46.9 Å². The minimum atomic E-state index is -4.53. The van der Waals surface area contributed by atoms with Crippen LogP contribution in [0.3, 0.4) is 0 Å². The van der Waals surface area contributed by atoms with Gasteiger partial charge >= 0.3 is 6.18 Å². The monoisotopic (exact) mass is 369 g/mol. The van der Waals surface area contributed by atoms with Crippen molar-refractivity contribution in [1.29, 1.82) is 0 Å². The van der Waals surface area contributed by atoms with Gasteiger partial charge in [0.25, 0.3) is 5.91 Å². The highest BCUT2D eigenvalue weighted by molar-refractivity contribution is 7.09. The van der Waals surface area contributed by atoms with Crippen LogP contribution >= 0.6 is 11.3 Å². The fourth-order valence-corrected chi connectivity index (χ4v) is 3.68. The number of hydrogen-bond donors (Lipinski definition) is 0. The Labute approximate surface area is 147 Å². The predicted octanol–water partition coefficient (Wildman–Crippen LogP) is 3.43. The lowest BCUT2D eigenvalue weighted by Gasteiger charge is -2.34. The number of rotatable bonds is 3. The van der Waals surface area contributed by atoms with Crippen LogP contribution in [0.4, 0.5) is 13.2 Å². The van der Waals surface area contributed by atoms with E-state index in [0.717, 1.165) is 16.8 Å². The van der Waals surface area contributed by atoms with Gasteiger partial charge in [-0.05, 0) is 19.1 Å². The molecule has 1 aromatic heterocycles. The summed E-state index contributed by atoms with van der Waals surface area (Å²) >= 11 is 1.59. The van der Waals surface area contributed by atoms with Crippen LogP contribution in [-0.2, 0) is 12.7 Å². The van der Waals surface area contributed by atoms with Crippen molar-refractivity contribution in [2.45, 2.75) is 19.6 Å². The molecule has 0 bridgehead atoms. The zero-order chi connectivity index (χ0) is 18.0. The lowest BCUT2D eigenvalue weighted by Crippen LogP contribution is -2.48. The number of carbonyl (C=O) groups excluding carboxylic acids is 1. The first kappa shape index (κ1) is 17.9. The zero-order valence-corrected chi connectivity index (χ0v) is 14.5. The first-order valence-corrected chi connectivity index (χ1v) is 8.81. The highest BCUT2D eigenvalue weighted by atomic mass is 32.1. The Morgan fingerprint density at radius 2 is 1.88 bits per heavy atom. The smallest absolute Gasteiger partial charge is 0.336 e. The van der Waals surface area contributed by atoms with E-state index in [4.69, 9.17) is 0 Å². The minimum absolute atomic E-state index is 0.279. The Hall–Kier alpha value is -1.93. The molecule has 4 nitrogen and oxygen atoms in total. The van der Waals surface area contributed by atoms with Crippen LogP contribution in [0.1, 0.15) is 26.6 Å². The molecule has 2 aromatic rings. The Kier molecular flexibility index (Phi) is 5.10. The number of alkyl halides is 3. The second-order valence-electron chi connectivity index (χ2n) is 5.99. The maximum atomic E-state index is 13.1. The van der Waals surface area contributed by atoms with Gasteiger partial charge in [0.1, 0.15) is 5.01 Å². The van der Waals surface area contributed by atoms with Crippen molar-refractivity contribution >= 4 is 17.2 Å². The van der Waals surface area contributed by atoms with Crippen molar-refractivity contribution in [2.24, 2.45) is 0 Å². The van der Waals surface area contributed by atoms with Gasteiger partial charge in [0.15, 0.2) is 0 Å². The van der Waals surface area contributed by atoms with E-state index >= 15 is 0 Å². The van der Waals surface area contributed by atoms with E-state index in [0.29, 0.717) is 32.7 Å². The van der Waals surface area contributed by atoms with E-state index in [9.17, 15) is 18.0 Å². The van der Waals surface area contributed by atoms with Crippen molar-refractivity contribution in [3.8, 4) is 0 Å². The molecule has 0 spiro atoms. The Morgan fingerprint density at radius 1 is 1.20 bits per heavy atom. The highest BCUT2D eigenvalue weighted by Gasteiger charge is 2.36. The molecule has 25 heavy (non-hydrogen) atoms. The second-order valence-corrected chi connectivity index (χ2v) is 6.94. The van der Waals surface area contributed by atoms with Gasteiger partial charge < -0.3 is 4.90 Å². The van der Waals surface area contributed by atoms with E-state index in [2.05, 4.69) is 9.88 Å². The number of benzene rings is 1. The summed E-state index contributed by atoms with van der Waals surface area (Å²) in [5.74, 6) is -0.558. The van der Waals surface area contributed by atoms with Crippen LogP contribution < -0.4 is 0 Å². The third-order valence-corrected chi connectivity index (χ3v) is 5.10. The van der Waals surface area contributed by atoms with Gasteiger partial charge in [-0.2, -0.15) is 13.2 Å². The number of halogens is 3. The number of carbonyl (C=O) groups is 1. The van der Waals surface area contributed by atoms with E-state index in [1.54, 1.807) is 11.3 Å². The third kappa shape index (κ3) is 4.19. The van der Waals surface area contributed by atoms with Crippen LogP contribution in [0.25, 0.3) is 0 Å². The summed E-state index contributed by atoms with van der Waals surface area (Å²) in [4.78, 5) is 20.6. The Morgan fingerprint density at radius 3 is 2.48 bits per heavy atom. The number of hydrogen-bond acceptors (Lipinski definition) is 4. The fraction of sp³-hybridized carbons (Fsp3) is 0.412. The molecule has 1 fully saturated rings. The summed E-state index contributed by atoms with van der Waals surface area (Å²) in [5, 5.41) is 3.00. The van der Waals surface area contributed by atoms with E-state index in [1.165, 1.54) is 23.1 Å².